The topological polar surface area (TPSA) is 65.1 Å². The molecule has 3 aromatic carbocycles. The molecule has 1 aliphatic carbocycles. The van der Waals surface area contributed by atoms with Gasteiger partial charge in [-0.1, -0.05) is 48.5 Å². The molecule has 3 aliphatic rings. The summed E-state index contributed by atoms with van der Waals surface area (Å²) >= 11 is 0. The van der Waals surface area contributed by atoms with E-state index in [0.29, 0.717) is 42.8 Å². The molecule has 1 amide bonds. The van der Waals surface area contributed by atoms with Crippen LogP contribution >= 0.6 is 0 Å². The van der Waals surface area contributed by atoms with Crippen LogP contribution in [0, 0.1) is 0 Å². The Morgan fingerprint density at radius 1 is 0.972 bits per heavy atom. The summed E-state index contributed by atoms with van der Waals surface area (Å²) in [5.74, 6) is 1.07. The van der Waals surface area contributed by atoms with E-state index < -0.39 is 11.5 Å². The highest BCUT2D eigenvalue weighted by Gasteiger charge is 2.53. The summed E-state index contributed by atoms with van der Waals surface area (Å²) in [7, 11) is 1.64. The minimum Gasteiger partial charge on any atom is -0.493 e. The van der Waals surface area contributed by atoms with Crippen LogP contribution < -0.4 is 9.47 Å². The summed E-state index contributed by atoms with van der Waals surface area (Å²) in [5.41, 5.74) is 2.93. The first-order chi connectivity index (χ1) is 17.6. The average Bonchev–Trinajstić information content (AvgIpc) is 3.16. The molecule has 0 saturated heterocycles. The summed E-state index contributed by atoms with van der Waals surface area (Å²) in [4.78, 5) is 28.0. The van der Waals surface area contributed by atoms with E-state index in [2.05, 4.69) is 6.08 Å². The smallest absolute Gasteiger partial charge is 0.338 e. The molecule has 2 aliphatic heterocycles. The first-order valence-electron chi connectivity index (χ1n) is 12.3. The van der Waals surface area contributed by atoms with Crippen molar-refractivity contribution >= 4 is 11.9 Å². The van der Waals surface area contributed by atoms with Crippen LogP contribution in [-0.4, -0.2) is 42.6 Å². The molecule has 0 bridgehead atoms. The number of hydrogen-bond donors (Lipinski definition) is 0. The Bertz CT molecular complexity index is 1340. The van der Waals surface area contributed by atoms with Gasteiger partial charge in [0.05, 0.1) is 18.1 Å². The van der Waals surface area contributed by atoms with Gasteiger partial charge in [-0.3, -0.25) is 4.79 Å². The molecule has 36 heavy (non-hydrogen) atoms. The third-order valence-corrected chi connectivity index (χ3v) is 7.52. The number of methoxy groups -OCH3 is 1. The molecule has 0 radical (unpaired) electrons. The van der Waals surface area contributed by atoms with Crippen molar-refractivity contribution < 1.29 is 23.8 Å². The van der Waals surface area contributed by atoms with Gasteiger partial charge in [0.2, 0.25) is 0 Å². The van der Waals surface area contributed by atoms with Gasteiger partial charge in [-0.25, -0.2) is 4.79 Å². The second-order valence-electron chi connectivity index (χ2n) is 9.53. The Morgan fingerprint density at radius 2 is 1.69 bits per heavy atom. The fourth-order valence-electron chi connectivity index (χ4n) is 5.73. The molecule has 1 spiro atoms. The third kappa shape index (κ3) is 3.65. The summed E-state index contributed by atoms with van der Waals surface area (Å²) in [6.45, 7) is 1.08. The average molecular weight is 482 g/mol. The summed E-state index contributed by atoms with van der Waals surface area (Å²) in [5, 5.41) is 0. The van der Waals surface area contributed by atoms with Crippen LogP contribution in [0.2, 0.25) is 0 Å². The van der Waals surface area contributed by atoms with Gasteiger partial charge in [-0.15, -0.1) is 0 Å². The molecular weight excluding hydrogens is 454 g/mol. The Balaban J connectivity index is 1.33. The quantitative estimate of drug-likeness (QED) is 0.391. The number of nitrogens with zero attached hydrogens (tertiary/aromatic N) is 1. The van der Waals surface area contributed by atoms with Gasteiger partial charge in [-0.05, 0) is 48.4 Å². The number of benzene rings is 3. The molecule has 0 fully saturated rings. The zero-order valence-corrected chi connectivity index (χ0v) is 20.1. The van der Waals surface area contributed by atoms with E-state index in [1.807, 2.05) is 71.6 Å². The van der Waals surface area contributed by atoms with Gasteiger partial charge in [-0.2, -0.15) is 0 Å². The second-order valence-corrected chi connectivity index (χ2v) is 9.53. The van der Waals surface area contributed by atoms with Crippen molar-refractivity contribution in [2.45, 2.75) is 37.0 Å². The van der Waals surface area contributed by atoms with Gasteiger partial charge in [0, 0.05) is 30.6 Å². The lowest BCUT2D eigenvalue weighted by Gasteiger charge is -2.36. The molecule has 6 nitrogen and oxygen atoms in total. The molecule has 2 heterocycles. The number of esters is 1. The molecule has 3 aromatic rings. The van der Waals surface area contributed by atoms with Crippen molar-refractivity contribution in [3.63, 3.8) is 0 Å². The van der Waals surface area contributed by atoms with Crippen LogP contribution in [-0.2, 0) is 16.7 Å². The van der Waals surface area contributed by atoms with Crippen molar-refractivity contribution in [1.82, 2.24) is 4.90 Å². The van der Waals surface area contributed by atoms with Crippen molar-refractivity contribution in [3.8, 4) is 11.5 Å². The van der Waals surface area contributed by atoms with Gasteiger partial charge >= 0.3 is 5.97 Å². The molecule has 0 aromatic heterocycles. The lowest BCUT2D eigenvalue weighted by atomic mass is 9.69. The van der Waals surface area contributed by atoms with Crippen LogP contribution in [0.15, 0.2) is 84.9 Å². The van der Waals surface area contributed by atoms with Crippen molar-refractivity contribution in [2.75, 3.05) is 13.7 Å². The number of ether oxygens (including phenoxy) is 3. The van der Waals surface area contributed by atoms with E-state index in [9.17, 15) is 9.59 Å². The zero-order valence-electron chi connectivity index (χ0n) is 20.1. The Morgan fingerprint density at radius 3 is 2.42 bits per heavy atom. The predicted octanol–water partition coefficient (Wildman–Crippen LogP) is 4.93. The van der Waals surface area contributed by atoms with Gasteiger partial charge < -0.3 is 19.1 Å². The third-order valence-electron chi connectivity index (χ3n) is 7.52. The number of hydrogen-bond acceptors (Lipinski definition) is 5. The van der Waals surface area contributed by atoms with E-state index in [1.165, 1.54) is 0 Å². The maximum Gasteiger partial charge on any atom is 0.338 e. The maximum absolute atomic E-state index is 13.4. The monoisotopic (exact) mass is 481 g/mol. The summed E-state index contributed by atoms with van der Waals surface area (Å²) in [6.07, 6.45) is 4.72. The zero-order chi connectivity index (χ0) is 24.7. The van der Waals surface area contributed by atoms with Gasteiger partial charge in [0.1, 0.15) is 12.2 Å². The number of rotatable bonds is 4. The van der Waals surface area contributed by atoms with Crippen LogP contribution in [0.1, 0.15) is 44.7 Å². The highest BCUT2D eigenvalue weighted by molar-refractivity contribution is 5.94. The number of amides is 1. The highest BCUT2D eigenvalue weighted by Crippen LogP contribution is 2.56. The normalized spacial score (nSPS) is 23.6. The van der Waals surface area contributed by atoms with Crippen molar-refractivity contribution in [2.24, 2.45) is 0 Å². The first-order valence-corrected chi connectivity index (χ1v) is 12.3. The van der Waals surface area contributed by atoms with Crippen LogP contribution in [0.4, 0.5) is 0 Å². The number of carbonyl (C=O) groups is 2. The largest absolute Gasteiger partial charge is 0.493 e. The Hall–Kier alpha value is -4.06. The van der Waals surface area contributed by atoms with Crippen molar-refractivity contribution in [3.05, 3.63) is 107 Å². The van der Waals surface area contributed by atoms with E-state index in [1.54, 1.807) is 19.2 Å². The minimum absolute atomic E-state index is 0.0171. The second kappa shape index (κ2) is 8.86. The first kappa shape index (κ1) is 22.4. The van der Waals surface area contributed by atoms with E-state index in [-0.39, 0.29) is 18.0 Å². The molecule has 6 heteroatoms. The molecule has 0 unspecified atom stereocenters. The van der Waals surface area contributed by atoms with Crippen molar-refractivity contribution in [1.29, 1.82) is 0 Å². The molecular formula is C30H27NO5. The fourth-order valence-corrected chi connectivity index (χ4v) is 5.73. The SMILES string of the molecule is COc1ccc2c3c1O[C@H]1C[C@@H](OC(=O)c4ccccc4)C=C[C@@]31CCN(C(=O)c1ccccc1)C2. The van der Waals surface area contributed by atoms with Gasteiger partial charge in [0.15, 0.2) is 11.5 Å². The Labute approximate surface area is 210 Å². The molecule has 0 N–H and O–H groups in total. The van der Waals surface area contributed by atoms with E-state index >= 15 is 0 Å². The standard InChI is InChI=1S/C30H27NO5/c1-34-24-13-12-22-19-31(28(32)20-8-4-2-5-9-20)17-16-30-15-14-23(18-25(30)36-27(24)26(22)30)35-29(33)21-10-6-3-7-11-21/h2-15,23,25H,16-19H2,1H3/t23-,25-,30-/m0/s1. The highest BCUT2D eigenvalue weighted by atomic mass is 16.6. The van der Waals surface area contributed by atoms with Gasteiger partial charge in [0.25, 0.3) is 5.91 Å². The number of carbonyl (C=O) groups excluding carboxylic acids is 2. The lowest BCUT2D eigenvalue weighted by Crippen LogP contribution is -2.44. The van der Waals surface area contributed by atoms with E-state index in [0.717, 1.165) is 16.9 Å². The van der Waals surface area contributed by atoms with Crippen LogP contribution in [0.3, 0.4) is 0 Å². The van der Waals surface area contributed by atoms with Crippen LogP contribution in [0.5, 0.6) is 11.5 Å². The summed E-state index contributed by atoms with van der Waals surface area (Å²) < 4.78 is 18.0. The van der Waals surface area contributed by atoms with Crippen LogP contribution in [0.25, 0.3) is 0 Å². The molecule has 182 valence electrons. The fraction of sp³-hybridized carbons (Fsp3) is 0.267. The summed E-state index contributed by atoms with van der Waals surface area (Å²) in [6, 6.07) is 22.3. The molecule has 6 rings (SSSR count). The molecule has 3 atom stereocenters. The predicted molar refractivity (Wildman–Crippen MR) is 134 cm³/mol. The lowest BCUT2D eigenvalue weighted by molar-refractivity contribution is 0.0214. The maximum atomic E-state index is 13.4. The Kier molecular flexibility index (Phi) is 5.52. The molecule has 0 saturated carbocycles. The minimum atomic E-state index is -0.416. The van der Waals surface area contributed by atoms with E-state index in [4.69, 9.17) is 14.2 Å².